The van der Waals surface area contributed by atoms with Gasteiger partial charge < -0.3 is 14.2 Å². The third kappa shape index (κ3) is 8.83. The molecule has 1 rings (SSSR count). The molecule has 0 saturated heterocycles. The van der Waals surface area contributed by atoms with E-state index in [1.165, 1.54) is 0 Å². The first-order chi connectivity index (χ1) is 21.8. The van der Waals surface area contributed by atoms with E-state index in [1.54, 1.807) is 27.7 Å². The molecular formula is C25H23F17N2O5. The maximum absolute atomic E-state index is 14.4. The summed E-state index contributed by atoms with van der Waals surface area (Å²) in [5.74, 6) is -57.0. The Labute approximate surface area is 263 Å². The van der Waals surface area contributed by atoms with Crippen molar-refractivity contribution < 1.29 is 98.4 Å². The number of hydrogen-bond acceptors (Lipinski definition) is 5. The van der Waals surface area contributed by atoms with E-state index in [4.69, 9.17) is 9.47 Å². The Hall–Kier alpha value is -3.89. The quantitative estimate of drug-likeness (QED) is 0.146. The van der Waals surface area contributed by atoms with Gasteiger partial charge in [0.2, 0.25) is 5.83 Å². The number of halogens is 17. The average Bonchev–Trinajstić information content (AvgIpc) is 2.93. The lowest BCUT2D eigenvalue weighted by molar-refractivity contribution is -0.451. The first-order valence-electron chi connectivity index (χ1n) is 12.9. The number of hydrogen-bond donors (Lipinski definition) is 2. The number of carbonyl (C=O) groups is 2. The number of anilines is 2. The highest BCUT2D eigenvalue weighted by Crippen LogP contribution is 2.63. The van der Waals surface area contributed by atoms with Gasteiger partial charge in [0.15, 0.2) is 0 Å². The van der Waals surface area contributed by atoms with Gasteiger partial charge in [0.05, 0.1) is 13.2 Å². The van der Waals surface area contributed by atoms with Crippen LogP contribution >= 0.6 is 0 Å². The van der Waals surface area contributed by atoms with Crippen molar-refractivity contribution >= 4 is 23.6 Å². The van der Waals surface area contributed by atoms with Gasteiger partial charge >= 0.3 is 59.9 Å². The Bertz CT molecular complexity index is 1330. The van der Waals surface area contributed by atoms with Crippen molar-refractivity contribution in [2.24, 2.45) is 11.8 Å². The summed E-state index contributed by atoms with van der Waals surface area (Å²) in [7, 11) is 0. The van der Waals surface area contributed by atoms with Gasteiger partial charge in [-0.05, 0) is 17.9 Å². The van der Waals surface area contributed by atoms with E-state index in [0.29, 0.717) is 12.1 Å². The molecule has 0 bridgehead atoms. The second-order valence-electron chi connectivity index (χ2n) is 10.6. The van der Waals surface area contributed by atoms with Crippen molar-refractivity contribution in [1.29, 1.82) is 0 Å². The molecule has 0 fully saturated rings. The van der Waals surface area contributed by atoms with Crippen LogP contribution in [0.4, 0.5) is 95.6 Å². The van der Waals surface area contributed by atoms with Crippen LogP contribution in [-0.2, 0) is 9.47 Å². The van der Waals surface area contributed by atoms with Crippen molar-refractivity contribution in [3.8, 4) is 5.75 Å². The second kappa shape index (κ2) is 14.5. The average molecular weight is 754 g/mol. The summed E-state index contributed by atoms with van der Waals surface area (Å²) in [6.07, 6.45) is -10.5. The van der Waals surface area contributed by atoms with Crippen molar-refractivity contribution in [2.45, 2.75) is 69.4 Å². The van der Waals surface area contributed by atoms with Gasteiger partial charge in [0, 0.05) is 23.5 Å². The zero-order valence-electron chi connectivity index (χ0n) is 24.8. The molecule has 0 aromatic heterocycles. The molecule has 0 aliphatic rings. The number of benzene rings is 1. The molecule has 0 unspecified atom stereocenters. The summed E-state index contributed by atoms with van der Waals surface area (Å²) in [4.78, 5) is 23.9. The summed E-state index contributed by atoms with van der Waals surface area (Å²) >= 11 is 0. The van der Waals surface area contributed by atoms with Gasteiger partial charge in [-0.15, -0.1) is 0 Å². The standard InChI is InChI=1S/C25H23F17N2O5/c1-10(2)8-47-17(45)43-12-5-13(44-18(46)48-9-11(3)4)7-14(6-12)49-16(27)15(26)19(28,29)20(30,31)21(32,33)22(34,35)23(36,37)24(38,39)25(40,41)42/h5-7,10-11H,8-9H2,1-4H3,(H,43,45)(H,44,46). The molecule has 7 nitrogen and oxygen atoms in total. The SMILES string of the molecule is CC(C)COC(=O)Nc1cc(NC(=O)OCC(C)C)cc(OC(F)=C(F)C(F)(F)C(F)(F)C(F)(F)C(F)(F)C(F)(F)C(F)(F)C(F)(F)F)c1. The molecule has 49 heavy (non-hydrogen) atoms. The minimum atomic E-state index is -8.74. The molecule has 0 spiro atoms. The van der Waals surface area contributed by atoms with E-state index in [0.717, 1.165) is 6.07 Å². The Morgan fingerprint density at radius 1 is 0.592 bits per heavy atom. The van der Waals surface area contributed by atoms with E-state index in [2.05, 4.69) is 4.74 Å². The van der Waals surface area contributed by atoms with E-state index >= 15 is 0 Å². The summed E-state index contributed by atoms with van der Waals surface area (Å²) < 4.78 is 243. The van der Waals surface area contributed by atoms with E-state index < -0.39 is 82.9 Å². The molecular weight excluding hydrogens is 731 g/mol. The van der Waals surface area contributed by atoms with Crippen molar-refractivity contribution in [3.05, 3.63) is 30.0 Å². The smallest absolute Gasteiger partial charge is 0.449 e. The van der Waals surface area contributed by atoms with Crippen molar-refractivity contribution in [1.82, 2.24) is 0 Å². The number of amides is 2. The minimum absolute atomic E-state index is 0.232. The molecule has 0 aliphatic carbocycles. The number of rotatable bonds is 14. The monoisotopic (exact) mass is 754 g/mol. The number of allylic oxidation sites excluding steroid dienone is 1. The first-order valence-corrected chi connectivity index (χ1v) is 12.9. The molecule has 1 aromatic rings. The van der Waals surface area contributed by atoms with Crippen LogP contribution in [0.25, 0.3) is 0 Å². The Morgan fingerprint density at radius 3 is 1.29 bits per heavy atom. The fraction of sp³-hybridized carbons (Fsp3) is 0.600. The molecule has 2 amide bonds. The maximum Gasteiger partial charge on any atom is 0.460 e. The summed E-state index contributed by atoms with van der Waals surface area (Å²) in [6, 6.07) is -2.27. The van der Waals surface area contributed by atoms with Gasteiger partial charge in [-0.25, -0.2) is 9.59 Å². The fourth-order valence-electron chi connectivity index (χ4n) is 2.97. The highest BCUT2D eigenvalue weighted by molar-refractivity contribution is 5.89. The van der Waals surface area contributed by atoms with E-state index in [1.807, 2.05) is 10.6 Å². The van der Waals surface area contributed by atoms with Crippen LogP contribution in [0.15, 0.2) is 30.0 Å². The van der Waals surface area contributed by atoms with Crippen molar-refractivity contribution in [2.75, 3.05) is 23.8 Å². The molecule has 0 heterocycles. The highest BCUT2D eigenvalue weighted by atomic mass is 19.4. The zero-order chi connectivity index (χ0) is 38.8. The topological polar surface area (TPSA) is 85.9 Å². The third-order valence-electron chi connectivity index (χ3n) is 5.48. The van der Waals surface area contributed by atoms with Crippen LogP contribution in [0.2, 0.25) is 0 Å². The normalized spacial score (nSPS) is 14.4. The highest BCUT2D eigenvalue weighted by Gasteiger charge is 2.93. The largest absolute Gasteiger partial charge is 0.460 e. The fourth-order valence-corrected chi connectivity index (χ4v) is 2.97. The lowest BCUT2D eigenvalue weighted by Gasteiger charge is -2.41. The van der Waals surface area contributed by atoms with Gasteiger partial charge in [-0.2, -0.15) is 74.6 Å². The molecule has 282 valence electrons. The van der Waals surface area contributed by atoms with Crippen molar-refractivity contribution in [3.63, 3.8) is 0 Å². The second-order valence-corrected chi connectivity index (χ2v) is 10.6. The van der Waals surface area contributed by atoms with Crippen LogP contribution < -0.4 is 15.4 Å². The Morgan fingerprint density at radius 2 is 0.939 bits per heavy atom. The number of nitrogens with one attached hydrogen (secondary N) is 2. The Balaban J connectivity index is 3.64. The predicted octanol–water partition coefficient (Wildman–Crippen LogP) is 9.96. The van der Waals surface area contributed by atoms with Crippen LogP contribution in [0.5, 0.6) is 5.75 Å². The predicted molar refractivity (Wildman–Crippen MR) is 132 cm³/mol. The van der Waals surface area contributed by atoms with Gasteiger partial charge in [0.25, 0.3) is 0 Å². The molecule has 1 aromatic carbocycles. The summed E-state index contributed by atoms with van der Waals surface area (Å²) in [6.45, 7) is 5.85. The Kier molecular flexibility index (Phi) is 12.8. The van der Waals surface area contributed by atoms with Crippen LogP contribution in [0.3, 0.4) is 0 Å². The van der Waals surface area contributed by atoms with Gasteiger partial charge in [0.1, 0.15) is 5.75 Å². The molecule has 24 heteroatoms. The maximum atomic E-state index is 14.4. The molecule has 2 N–H and O–H groups in total. The summed E-state index contributed by atoms with van der Waals surface area (Å²) in [5.41, 5.74) is -1.32. The molecule has 0 aliphatic heterocycles. The lowest BCUT2D eigenvalue weighted by Crippen LogP contribution is -2.72. The lowest BCUT2D eigenvalue weighted by atomic mass is 9.91. The minimum Gasteiger partial charge on any atom is -0.449 e. The number of alkyl halides is 15. The third-order valence-corrected chi connectivity index (χ3v) is 5.48. The van der Waals surface area contributed by atoms with Crippen LogP contribution in [0.1, 0.15) is 27.7 Å². The number of ether oxygens (including phenoxy) is 3. The van der Waals surface area contributed by atoms with E-state index in [-0.39, 0.29) is 25.0 Å². The summed E-state index contributed by atoms with van der Waals surface area (Å²) in [5, 5.41) is 3.81. The number of carbonyl (C=O) groups excluding carboxylic acids is 2. The molecule has 0 radical (unpaired) electrons. The van der Waals surface area contributed by atoms with Gasteiger partial charge in [-0.1, -0.05) is 27.7 Å². The van der Waals surface area contributed by atoms with Crippen LogP contribution in [-0.4, -0.2) is 67.1 Å². The molecule has 0 atom stereocenters. The zero-order valence-corrected chi connectivity index (χ0v) is 24.8. The van der Waals surface area contributed by atoms with Gasteiger partial charge in [-0.3, -0.25) is 10.6 Å². The first kappa shape index (κ1) is 43.1. The van der Waals surface area contributed by atoms with Crippen LogP contribution in [0, 0.1) is 11.8 Å². The van der Waals surface area contributed by atoms with E-state index in [9.17, 15) is 84.2 Å². The molecule has 0 saturated carbocycles.